The zero-order chi connectivity index (χ0) is 13.7. The van der Waals surface area contributed by atoms with Crippen LogP contribution in [0.4, 0.5) is 0 Å². The van der Waals surface area contributed by atoms with Gasteiger partial charge in [0.2, 0.25) is 0 Å². The molecular formula is C14H16BrN3O. The molecule has 0 spiro atoms. The summed E-state index contributed by atoms with van der Waals surface area (Å²) < 4.78 is 0.818. The van der Waals surface area contributed by atoms with E-state index < -0.39 is 0 Å². The van der Waals surface area contributed by atoms with Gasteiger partial charge in [-0.3, -0.25) is 9.89 Å². The summed E-state index contributed by atoms with van der Waals surface area (Å²) >= 11 is 3.37. The van der Waals surface area contributed by atoms with Crippen molar-refractivity contribution >= 4 is 21.8 Å². The number of carbonyl (C=O) groups is 1. The van der Waals surface area contributed by atoms with Crippen molar-refractivity contribution in [3.05, 3.63) is 51.8 Å². The Hall–Kier alpha value is -1.62. The fourth-order valence-electron chi connectivity index (χ4n) is 1.85. The van der Waals surface area contributed by atoms with Gasteiger partial charge in [0.25, 0.3) is 5.91 Å². The molecule has 0 aliphatic heterocycles. The molecule has 1 aromatic heterocycles. The number of amides is 1. The maximum absolute atomic E-state index is 11.9. The van der Waals surface area contributed by atoms with Crippen LogP contribution in [0.15, 0.2) is 34.9 Å². The van der Waals surface area contributed by atoms with E-state index in [1.54, 1.807) is 6.07 Å². The Kier molecular flexibility index (Phi) is 4.74. The summed E-state index contributed by atoms with van der Waals surface area (Å²) in [6, 6.07) is 7.42. The number of benzene rings is 1. The number of aromatic amines is 1. The molecular weight excluding hydrogens is 306 g/mol. The molecule has 0 unspecified atom stereocenters. The number of aryl methyl sites for hydroxylation is 2. The molecule has 4 nitrogen and oxygen atoms in total. The van der Waals surface area contributed by atoms with Crippen LogP contribution in [0.25, 0.3) is 0 Å². The van der Waals surface area contributed by atoms with E-state index in [-0.39, 0.29) is 5.91 Å². The molecule has 1 heterocycles. The van der Waals surface area contributed by atoms with Crippen LogP contribution in [0.2, 0.25) is 0 Å². The summed E-state index contributed by atoms with van der Waals surface area (Å²) in [4.78, 5) is 11.9. The van der Waals surface area contributed by atoms with Crippen molar-refractivity contribution in [2.75, 3.05) is 6.54 Å². The Bertz CT molecular complexity index is 565. The average molecular weight is 322 g/mol. The number of hydrogen-bond donors (Lipinski definition) is 2. The Morgan fingerprint density at radius 3 is 2.89 bits per heavy atom. The molecule has 0 aliphatic rings. The molecule has 0 saturated heterocycles. The normalized spacial score (nSPS) is 10.4. The van der Waals surface area contributed by atoms with Gasteiger partial charge < -0.3 is 5.32 Å². The van der Waals surface area contributed by atoms with E-state index in [4.69, 9.17) is 0 Å². The van der Waals surface area contributed by atoms with Crippen LogP contribution in [0.1, 0.15) is 28.0 Å². The third kappa shape index (κ3) is 3.67. The number of rotatable bonds is 5. The standard InChI is InChI=1S/C14H16BrN3O/c1-10-11(9-17-18-10)5-4-8-16-14(19)12-6-2-3-7-13(12)15/h2-3,6-7,9H,4-5,8H2,1H3,(H,16,19)(H,17,18). The van der Waals surface area contributed by atoms with Crippen molar-refractivity contribution in [1.82, 2.24) is 15.5 Å². The second-order valence-electron chi connectivity index (χ2n) is 4.36. The summed E-state index contributed by atoms with van der Waals surface area (Å²) in [5, 5.41) is 9.81. The minimum absolute atomic E-state index is 0.0450. The molecule has 100 valence electrons. The molecule has 5 heteroatoms. The highest BCUT2D eigenvalue weighted by Crippen LogP contribution is 2.15. The Morgan fingerprint density at radius 1 is 1.42 bits per heavy atom. The molecule has 2 rings (SSSR count). The first kappa shape index (κ1) is 13.8. The van der Waals surface area contributed by atoms with Crippen LogP contribution in [-0.2, 0) is 6.42 Å². The highest BCUT2D eigenvalue weighted by Gasteiger charge is 2.08. The van der Waals surface area contributed by atoms with Crippen LogP contribution >= 0.6 is 15.9 Å². The lowest BCUT2D eigenvalue weighted by Gasteiger charge is -2.06. The average Bonchev–Trinajstić information content (AvgIpc) is 2.80. The van der Waals surface area contributed by atoms with E-state index in [9.17, 15) is 4.79 Å². The zero-order valence-electron chi connectivity index (χ0n) is 10.7. The van der Waals surface area contributed by atoms with Crippen LogP contribution in [0.5, 0.6) is 0 Å². The number of halogens is 1. The number of hydrogen-bond acceptors (Lipinski definition) is 2. The second-order valence-corrected chi connectivity index (χ2v) is 5.21. The first-order valence-corrected chi connectivity index (χ1v) is 6.99. The SMILES string of the molecule is Cc1[nH]ncc1CCCNC(=O)c1ccccc1Br. The maximum atomic E-state index is 11.9. The second kappa shape index (κ2) is 6.52. The summed E-state index contributed by atoms with van der Waals surface area (Å²) in [6.45, 7) is 2.66. The van der Waals surface area contributed by atoms with Gasteiger partial charge in [-0.15, -0.1) is 0 Å². The van der Waals surface area contributed by atoms with E-state index >= 15 is 0 Å². The van der Waals surface area contributed by atoms with Crippen LogP contribution < -0.4 is 5.32 Å². The van der Waals surface area contributed by atoms with Gasteiger partial charge in [-0.05, 0) is 53.4 Å². The molecule has 0 bridgehead atoms. The summed E-state index contributed by atoms with van der Waals surface area (Å²) in [5.74, 6) is -0.0450. The maximum Gasteiger partial charge on any atom is 0.252 e. The lowest BCUT2D eigenvalue weighted by molar-refractivity contribution is 0.0952. The summed E-state index contributed by atoms with van der Waals surface area (Å²) in [6.07, 6.45) is 3.65. The Morgan fingerprint density at radius 2 is 2.21 bits per heavy atom. The minimum atomic E-state index is -0.0450. The summed E-state index contributed by atoms with van der Waals surface area (Å²) in [7, 11) is 0. The first-order valence-electron chi connectivity index (χ1n) is 6.20. The lowest BCUT2D eigenvalue weighted by atomic mass is 10.1. The van der Waals surface area contributed by atoms with Crippen molar-refractivity contribution in [1.29, 1.82) is 0 Å². The molecule has 1 aromatic carbocycles. The molecule has 2 N–H and O–H groups in total. The quantitative estimate of drug-likeness (QED) is 0.832. The van der Waals surface area contributed by atoms with Gasteiger partial charge in [0.15, 0.2) is 0 Å². The fraction of sp³-hybridized carbons (Fsp3) is 0.286. The van der Waals surface area contributed by atoms with E-state index in [1.807, 2.05) is 31.3 Å². The lowest BCUT2D eigenvalue weighted by Crippen LogP contribution is -2.25. The van der Waals surface area contributed by atoms with Crippen molar-refractivity contribution in [3.63, 3.8) is 0 Å². The molecule has 0 radical (unpaired) electrons. The predicted molar refractivity (Wildman–Crippen MR) is 78.1 cm³/mol. The topological polar surface area (TPSA) is 57.8 Å². The van der Waals surface area contributed by atoms with Gasteiger partial charge in [-0.25, -0.2) is 0 Å². The molecule has 19 heavy (non-hydrogen) atoms. The van der Waals surface area contributed by atoms with Crippen LogP contribution in [0.3, 0.4) is 0 Å². The van der Waals surface area contributed by atoms with Crippen LogP contribution in [0, 0.1) is 6.92 Å². The predicted octanol–water partition coefficient (Wildman–Crippen LogP) is 2.84. The highest BCUT2D eigenvalue weighted by molar-refractivity contribution is 9.10. The summed E-state index contributed by atoms with van der Waals surface area (Å²) in [5.41, 5.74) is 2.97. The van der Waals surface area contributed by atoms with E-state index in [2.05, 4.69) is 31.4 Å². The van der Waals surface area contributed by atoms with Crippen molar-refractivity contribution in [3.8, 4) is 0 Å². The Balaban J connectivity index is 1.79. The third-order valence-corrected chi connectivity index (χ3v) is 3.65. The molecule has 2 aromatic rings. The fourth-order valence-corrected chi connectivity index (χ4v) is 2.31. The third-order valence-electron chi connectivity index (χ3n) is 2.96. The van der Waals surface area contributed by atoms with Gasteiger partial charge >= 0.3 is 0 Å². The van der Waals surface area contributed by atoms with Crippen LogP contribution in [-0.4, -0.2) is 22.6 Å². The number of nitrogens with zero attached hydrogens (tertiary/aromatic N) is 1. The van der Waals surface area contributed by atoms with E-state index in [1.165, 1.54) is 5.56 Å². The van der Waals surface area contributed by atoms with Gasteiger partial charge in [-0.1, -0.05) is 12.1 Å². The van der Waals surface area contributed by atoms with Crippen molar-refractivity contribution in [2.24, 2.45) is 0 Å². The largest absolute Gasteiger partial charge is 0.352 e. The number of aromatic nitrogens is 2. The number of H-pyrrole nitrogens is 1. The smallest absolute Gasteiger partial charge is 0.252 e. The molecule has 1 amide bonds. The van der Waals surface area contributed by atoms with Gasteiger partial charge in [0, 0.05) is 16.7 Å². The monoisotopic (exact) mass is 321 g/mol. The molecule has 0 fully saturated rings. The molecule has 0 aliphatic carbocycles. The van der Waals surface area contributed by atoms with Gasteiger partial charge in [0.1, 0.15) is 0 Å². The van der Waals surface area contributed by atoms with E-state index in [0.29, 0.717) is 12.1 Å². The highest BCUT2D eigenvalue weighted by atomic mass is 79.9. The van der Waals surface area contributed by atoms with Gasteiger partial charge in [-0.2, -0.15) is 5.10 Å². The molecule has 0 saturated carbocycles. The molecule has 0 atom stereocenters. The Labute approximate surface area is 120 Å². The number of carbonyl (C=O) groups excluding carboxylic acids is 1. The number of nitrogens with one attached hydrogen (secondary N) is 2. The van der Waals surface area contributed by atoms with Gasteiger partial charge in [0.05, 0.1) is 11.8 Å². The first-order chi connectivity index (χ1) is 9.18. The minimum Gasteiger partial charge on any atom is -0.352 e. The van der Waals surface area contributed by atoms with Crippen molar-refractivity contribution in [2.45, 2.75) is 19.8 Å². The van der Waals surface area contributed by atoms with Crippen molar-refractivity contribution < 1.29 is 4.79 Å². The zero-order valence-corrected chi connectivity index (χ0v) is 12.3. The van der Waals surface area contributed by atoms with E-state index in [0.717, 1.165) is 23.0 Å².